The molecule has 94 valence electrons. The Labute approximate surface area is 106 Å². The van der Waals surface area contributed by atoms with Crippen LogP contribution >= 0.6 is 0 Å². The highest BCUT2D eigenvalue weighted by atomic mass is 16.5. The molecule has 3 N–H and O–H groups in total. The molecule has 0 atom stereocenters. The SMILES string of the molecule is COc1cc2c(cc1-c1cn[nH]c1N)CCCC2. The minimum Gasteiger partial charge on any atom is -0.496 e. The molecule has 0 saturated heterocycles. The van der Waals surface area contributed by atoms with Crippen molar-refractivity contribution in [3.05, 3.63) is 29.5 Å². The van der Waals surface area contributed by atoms with Crippen LogP contribution in [0, 0.1) is 0 Å². The van der Waals surface area contributed by atoms with Gasteiger partial charge >= 0.3 is 0 Å². The molecule has 2 aromatic rings. The molecule has 0 saturated carbocycles. The van der Waals surface area contributed by atoms with Crippen LogP contribution in [0.1, 0.15) is 24.0 Å². The van der Waals surface area contributed by atoms with Crippen LogP contribution in [-0.2, 0) is 12.8 Å². The number of methoxy groups -OCH3 is 1. The molecule has 4 heteroatoms. The first-order valence-corrected chi connectivity index (χ1v) is 6.28. The van der Waals surface area contributed by atoms with E-state index in [4.69, 9.17) is 10.5 Å². The topological polar surface area (TPSA) is 63.9 Å². The van der Waals surface area contributed by atoms with Gasteiger partial charge in [-0.1, -0.05) is 0 Å². The Morgan fingerprint density at radius 2 is 1.89 bits per heavy atom. The molecule has 0 bridgehead atoms. The summed E-state index contributed by atoms with van der Waals surface area (Å²) < 4.78 is 5.49. The number of anilines is 1. The third-order valence-electron chi connectivity index (χ3n) is 3.62. The lowest BCUT2D eigenvalue weighted by Crippen LogP contribution is -2.04. The van der Waals surface area contributed by atoms with E-state index in [-0.39, 0.29) is 0 Å². The van der Waals surface area contributed by atoms with Gasteiger partial charge in [-0.15, -0.1) is 0 Å². The number of hydrogen-bond donors (Lipinski definition) is 2. The summed E-state index contributed by atoms with van der Waals surface area (Å²) in [6.07, 6.45) is 6.57. The zero-order valence-electron chi connectivity index (χ0n) is 10.5. The maximum absolute atomic E-state index is 5.90. The van der Waals surface area contributed by atoms with E-state index in [1.54, 1.807) is 13.3 Å². The lowest BCUT2D eigenvalue weighted by atomic mass is 9.89. The average molecular weight is 243 g/mol. The Kier molecular flexibility index (Phi) is 2.70. The van der Waals surface area contributed by atoms with E-state index >= 15 is 0 Å². The van der Waals surface area contributed by atoms with Crippen molar-refractivity contribution < 1.29 is 4.74 Å². The number of nitrogens with zero attached hydrogens (tertiary/aromatic N) is 1. The number of aryl methyl sites for hydroxylation is 2. The Morgan fingerprint density at radius 3 is 2.50 bits per heavy atom. The van der Waals surface area contributed by atoms with Gasteiger partial charge in [-0.2, -0.15) is 5.10 Å². The van der Waals surface area contributed by atoms with Gasteiger partial charge in [0.2, 0.25) is 0 Å². The number of H-pyrrole nitrogens is 1. The molecule has 1 aromatic heterocycles. The van der Waals surface area contributed by atoms with Gasteiger partial charge in [0.1, 0.15) is 11.6 Å². The fourth-order valence-corrected chi connectivity index (χ4v) is 2.65. The molecule has 1 aliphatic rings. The highest BCUT2D eigenvalue weighted by Gasteiger charge is 2.17. The van der Waals surface area contributed by atoms with Gasteiger partial charge in [-0.3, -0.25) is 5.10 Å². The predicted molar refractivity (Wildman–Crippen MR) is 71.6 cm³/mol. The number of rotatable bonds is 2. The molecule has 0 unspecified atom stereocenters. The molecule has 0 aliphatic heterocycles. The van der Waals surface area contributed by atoms with Crippen LogP contribution in [0.25, 0.3) is 11.1 Å². The number of nitrogens with two attached hydrogens (primary N) is 1. The van der Waals surface area contributed by atoms with E-state index in [0.29, 0.717) is 5.82 Å². The molecule has 1 aromatic carbocycles. The van der Waals surface area contributed by atoms with Gasteiger partial charge in [-0.25, -0.2) is 0 Å². The van der Waals surface area contributed by atoms with Crippen LogP contribution in [0.4, 0.5) is 5.82 Å². The maximum atomic E-state index is 5.90. The molecule has 1 heterocycles. The fraction of sp³-hybridized carbons (Fsp3) is 0.357. The van der Waals surface area contributed by atoms with E-state index < -0.39 is 0 Å². The van der Waals surface area contributed by atoms with Gasteiger partial charge in [0.15, 0.2) is 0 Å². The minimum absolute atomic E-state index is 0.587. The lowest BCUT2D eigenvalue weighted by molar-refractivity contribution is 0.415. The number of nitrogen functional groups attached to an aromatic ring is 1. The molecule has 0 amide bonds. The van der Waals surface area contributed by atoms with Crippen molar-refractivity contribution in [3.8, 4) is 16.9 Å². The van der Waals surface area contributed by atoms with Crippen molar-refractivity contribution in [2.75, 3.05) is 12.8 Å². The van der Waals surface area contributed by atoms with Crippen LogP contribution in [0.15, 0.2) is 18.3 Å². The summed E-state index contributed by atoms with van der Waals surface area (Å²) in [6.45, 7) is 0. The van der Waals surface area contributed by atoms with Crippen LogP contribution in [0.3, 0.4) is 0 Å². The predicted octanol–water partition coefficient (Wildman–Crippen LogP) is 2.55. The standard InChI is InChI=1S/C14H17N3O/c1-18-13-7-10-5-3-2-4-9(10)6-11(13)12-8-16-17-14(12)15/h6-8H,2-5H2,1H3,(H3,15,16,17). The minimum atomic E-state index is 0.587. The Bertz CT molecular complexity index is 574. The zero-order valence-corrected chi connectivity index (χ0v) is 10.5. The Hall–Kier alpha value is -1.97. The van der Waals surface area contributed by atoms with Gasteiger partial charge < -0.3 is 10.5 Å². The number of ether oxygens (including phenoxy) is 1. The molecule has 0 radical (unpaired) electrons. The molecule has 1 aliphatic carbocycles. The second-order valence-corrected chi connectivity index (χ2v) is 4.73. The second-order valence-electron chi connectivity index (χ2n) is 4.73. The second kappa shape index (κ2) is 4.37. The molecule has 0 spiro atoms. The summed E-state index contributed by atoms with van der Waals surface area (Å²) in [4.78, 5) is 0. The third kappa shape index (κ3) is 1.74. The summed E-state index contributed by atoms with van der Waals surface area (Å²) in [5, 5.41) is 6.75. The van der Waals surface area contributed by atoms with Crippen molar-refractivity contribution in [2.24, 2.45) is 0 Å². The van der Waals surface area contributed by atoms with Gasteiger partial charge in [-0.05, 0) is 48.9 Å². The quantitative estimate of drug-likeness (QED) is 0.852. The van der Waals surface area contributed by atoms with Crippen molar-refractivity contribution in [3.63, 3.8) is 0 Å². The first-order chi connectivity index (χ1) is 8.79. The van der Waals surface area contributed by atoms with E-state index in [0.717, 1.165) is 29.7 Å². The Morgan fingerprint density at radius 1 is 1.17 bits per heavy atom. The van der Waals surface area contributed by atoms with Crippen LogP contribution < -0.4 is 10.5 Å². The summed E-state index contributed by atoms with van der Waals surface area (Å²) in [7, 11) is 1.70. The summed E-state index contributed by atoms with van der Waals surface area (Å²) >= 11 is 0. The average Bonchev–Trinajstić information content (AvgIpc) is 2.83. The number of hydrogen-bond acceptors (Lipinski definition) is 3. The lowest BCUT2D eigenvalue weighted by Gasteiger charge is -2.19. The maximum Gasteiger partial charge on any atom is 0.127 e. The van der Waals surface area contributed by atoms with Gasteiger partial charge in [0.25, 0.3) is 0 Å². The largest absolute Gasteiger partial charge is 0.496 e. The highest BCUT2D eigenvalue weighted by molar-refractivity contribution is 5.79. The van der Waals surface area contributed by atoms with E-state index in [1.807, 2.05) is 0 Å². The number of benzene rings is 1. The van der Waals surface area contributed by atoms with Crippen molar-refractivity contribution in [2.45, 2.75) is 25.7 Å². The molecular weight excluding hydrogens is 226 g/mol. The van der Waals surface area contributed by atoms with Crippen molar-refractivity contribution >= 4 is 5.82 Å². The molecule has 0 fully saturated rings. The number of fused-ring (bicyclic) bond motifs is 1. The first kappa shape index (κ1) is 11.1. The number of aromatic nitrogens is 2. The Balaban J connectivity index is 2.16. The first-order valence-electron chi connectivity index (χ1n) is 6.28. The highest BCUT2D eigenvalue weighted by Crippen LogP contribution is 2.37. The normalized spacial score (nSPS) is 14.3. The molecule has 18 heavy (non-hydrogen) atoms. The molecule has 4 nitrogen and oxygen atoms in total. The van der Waals surface area contributed by atoms with Crippen molar-refractivity contribution in [1.29, 1.82) is 0 Å². The molecular formula is C14H17N3O. The summed E-state index contributed by atoms with van der Waals surface area (Å²) in [6, 6.07) is 4.35. The number of aromatic amines is 1. The zero-order chi connectivity index (χ0) is 12.5. The smallest absolute Gasteiger partial charge is 0.127 e. The van der Waals surface area contributed by atoms with E-state index in [2.05, 4.69) is 22.3 Å². The fourth-order valence-electron chi connectivity index (χ4n) is 2.65. The van der Waals surface area contributed by atoms with Gasteiger partial charge in [0.05, 0.1) is 13.3 Å². The number of nitrogens with one attached hydrogen (secondary N) is 1. The monoisotopic (exact) mass is 243 g/mol. The third-order valence-corrected chi connectivity index (χ3v) is 3.62. The van der Waals surface area contributed by atoms with Crippen LogP contribution in [0.2, 0.25) is 0 Å². The van der Waals surface area contributed by atoms with Crippen LogP contribution in [0.5, 0.6) is 5.75 Å². The van der Waals surface area contributed by atoms with E-state index in [1.165, 1.54) is 24.0 Å². The van der Waals surface area contributed by atoms with Crippen LogP contribution in [-0.4, -0.2) is 17.3 Å². The van der Waals surface area contributed by atoms with E-state index in [9.17, 15) is 0 Å². The van der Waals surface area contributed by atoms with Gasteiger partial charge in [0, 0.05) is 11.1 Å². The van der Waals surface area contributed by atoms with Crippen molar-refractivity contribution in [1.82, 2.24) is 10.2 Å². The summed E-state index contributed by atoms with van der Waals surface area (Å²) in [5.41, 5.74) is 10.7. The molecule has 3 rings (SSSR count). The summed E-state index contributed by atoms with van der Waals surface area (Å²) in [5.74, 6) is 1.47.